The number of amides is 1. The van der Waals surface area contributed by atoms with Crippen molar-refractivity contribution >= 4 is 17.2 Å². The third kappa shape index (κ3) is 2.90. The third-order valence-electron chi connectivity index (χ3n) is 2.80. The molecule has 0 spiro atoms. The lowest BCUT2D eigenvalue weighted by Gasteiger charge is -2.11. The summed E-state index contributed by atoms with van der Waals surface area (Å²) in [4.78, 5) is 28.2. The summed E-state index contributed by atoms with van der Waals surface area (Å²) < 4.78 is 1.38. The molecule has 0 aliphatic carbocycles. The first-order valence-corrected chi connectivity index (χ1v) is 6.75. The summed E-state index contributed by atoms with van der Waals surface area (Å²) >= 11 is 1.53. The van der Waals surface area contributed by atoms with E-state index in [1.165, 1.54) is 22.0 Å². The van der Waals surface area contributed by atoms with E-state index in [9.17, 15) is 9.59 Å². The second kappa shape index (κ2) is 5.36. The number of rotatable bonds is 3. The largest absolute Gasteiger partial charge is 0.344 e. The normalized spacial score (nSPS) is 12.2. The third-order valence-corrected chi connectivity index (χ3v) is 3.59. The van der Waals surface area contributed by atoms with Gasteiger partial charge in [0.15, 0.2) is 0 Å². The van der Waals surface area contributed by atoms with Gasteiger partial charge in [0.2, 0.25) is 0 Å². The minimum atomic E-state index is -0.376. The van der Waals surface area contributed by atoms with Gasteiger partial charge >= 0.3 is 0 Å². The van der Waals surface area contributed by atoms with Gasteiger partial charge in [-0.3, -0.25) is 9.59 Å². The quantitative estimate of drug-likeness (QED) is 0.927. The Hall–Kier alpha value is -1.95. The van der Waals surface area contributed by atoms with E-state index in [4.69, 9.17) is 0 Å². The van der Waals surface area contributed by atoms with Crippen molar-refractivity contribution in [2.75, 3.05) is 0 Å². The van der Waals surface area contributed by atoms with E-state index < -0.39 is 0 Å². The number of nitrogens with zero attached hydrogens (tertiary/aromatic N) is 2. The molecular formula is C13H15N3O2S. The molecule has 100 valence electrons. The van der Waals surface area contributed by atoms with Gasteiger partial charge in [-0.15, -0.1) is 11.3 Å². The van der Waals surface area contributed by atoms with E-state index in [1.54, 1.807) is 19.3 Å². The van der Waals surface area contributed by atoms with Crippen molar-refractivity contribution in [2.24, 2.45) is 7.05 Å². The average Bonchev–Trinajstić information content (AvgIpc) is 2.79. The second-order valence-electron chi connectivity index (χ2n) is 4.32. The van der Waals surface area contributed by atoms with Crippen molar-refractivity contribution in [3.8, 4) is 0 Å². The van der Waals surface area contributed by atoms with Gasteiger partial charge in [0, 0.05) is 18.6 Å². The number of pyridine rings is 1. The molecule has 0 aromatic carbocycles. The molecule has 0 saturated heterocycles. The van der Waals surface area contributed by atoms with Crippen LogP contribution < -0.4 is 10.9 Å². The lowest BCUT2D eigenvalue weighted by molar-refractivity contribution is 0.0937. The van der Waals surface area contributed by atoms with Crippen LogP contribution in [0.1, 0.15) is 34.0 Å². The minimum absolute atomic E-state index is 0.142. The van der Waals surface area contributed by atoms with Crippen molar-refractivity contribution in [3.05, 3.63) is 50.3 Å². The van der Waals surface area contributed by atoms with Crippen LogP contribution in [0.5, 0.6) is 0 Å². The predicted molar refractivity (Wildman–Crippen MR) is 74.4 cm³/mol. The molecule has 2 aromatic heterocycles. The number of nitrogens with one attached hydrogen (secondary N) is 1. The molecule has 6 heteroatoms. The average molecular weight is 277 g/mol. The molecule has 19 heavy (non-hydrogen) atoms. The number of aryl methyl sites for hydroxylation is 2. The van der Waals surface area contributed by atoms with E-state index in [2.05, 4.69) is 10.3 Å². The van der Waals surface area contributed by atoms with Crippen LogP contribution in [0.15, 0.2) is 28.5 Å². The van der Waals surface area contributed by atoms with Crippen LogP contribution in [0.4, 0.5) is 0 Å². The van der Waals surface area contributed by atoms with E-state index in [0.717, 1.165) is 10.7 Å². The molecule has 1 amide bonds. The molecule has 2 heterocycles. The van der Waals surface area contributed by atoms with E-state index in [1.807, 2.05) is 19.2 Å². The molecule has 2 rings (SSSR count). The summed E-state index contributed by atoms with van der Waals surface area (Å²) in [5.41, 5.74) is 0.647. The van der Waals surface area contributed by atoms with Gasteiger partial charge in [0.25, 0.3) is 11.5 Å². The maximum atomic E-state index is 12.1. The Morgan fingerprint density at radius 1 is 1.53 bits per heavy atom. The zero-order valence-corrected chi connectivity index (χ0v) is 11.8. The fourth-order valence-corrected chi connectivity index (χ4v) is 2.40. The van der Waals surface area contributed by atoms with Crippen LogP contribution in [0.3, 0.4) is 0 Å². The van der Waals surface area contributed by atoms with Crippen LogP contribution in [0.25, 0.3) is 0 Å². The van der Waals surface area contributed by atoms with Gasteiger partial charge in [0.05, 0.1) is 16.7 Å². The maximum Gasteiger partial charge on any atom is 0.263 e. The first-order valence-electron chi connectivity index (χ1n) is 5.87. The smallest absolute Gasteiger partial charge is 0.263 e. The second-order valence-corrected chi connectivity index (χ2v) is 5.39. The lowest BCUT2D eigenvalue weighted by atomic mass is 10.2. The monoisotopic (exact) mass is 277 g/mol. The van der Waals surface area contributed by atoms with Crippen molar-refractivity contribution in [1.82, 2.24) is 14.9 Å². The fourth-order valence-electron chi connectivity index (χ4n) is 1.70. The highest BCUT2D eigenvalue weighted by atomic mass is 32.1. The van der Waals surface area contributed by atoms with Crippen molar-refractivity contribution in [1.29, 1.82) is 0 Å². The van der Waals surface area contributed by atoms with Gasteiger partial charge in [-0.1, -0.05) is 0 Å². The SMILES string of the molecule is Cc1nc(C(C)NC(=O)c2cccn(C)c2=O)cs1. The molecule has 0 saturated carbocycles. The van der Waals surface area contributed by atoms with Crippen LogP contribution in [-0.4, -0.2) is 15.5 Å². The molecule has 1 atom stereocenters. The van der Waals surface area contributed by atoms with E-state index in [-0.39, 0.29) is 23.1 Å². The molecule has 0 aliphatic heterocycles. The van der Waals surface area contributed by atoms with Crippen molar-refractivity contribution in [3.63, 3.8) is 0 Å². The van der Waals surface area contributed by atoms with Gasteiger partial charge in [-0.2, -0.15) is 0 Å². The number of thiazole rings is 1. The summed E-state index contributed by atoms with van der Waals surface area (Å²) in [7, 11) is 1.62. The van der Waals surface area contributed by atoms with Crippen LogP contribution >= 0.6 is 11.3 Å². The molecule has 0 radical (unpaired) electrons. The highest BCUT2D eigenvalue weighted by Crippen LogP contribution is 2.15. The summed E-state index contributed by atoms with van der Waals surface area (Å²) in [5, 5.41) is 5.64. The van der Waals surface area contributed by atoms with Gasteiger partial charge < -0.3 is 9.88 Å². The predicted octanol–water partition coefficient (Wildman–Crippen LogP) is 1.64. The Balaban J connectivity index is 2.17. The summed E-state index contributed by atoms with van der Waals surface area (Å²) in [5.74, 6) is -0.376. The highest BCUT2D eigenvalue weighted by Gasteiger charge is 2.16. The molecule has 1 unspecified atom stereocenters. The summed E-state index contributed by atoms with van der Waals surface area (Å²) in [6, 6.07) is 2.98. The van der Waals surface area contributed by atoms with E-state index >= 15 is 0 Å². The minimum Gasteiger partial charge on any atom is -0.344 e. The van der Waals surface area contributed by atoms with E-state index in [0.29, 0.717) is 0 Å². The Labute approximate surface area is 114 Å². The maximum absolute atomic E-state index is 12.1. The number of hydrogen-bond donors (Lipinski definition) is 1. The Morgan fingerprint density at radius 3 is 2.89 bits per heavy atom. The molecule has 0 aliphatic rings. The Bertz CT molecular complexity index is 660. The number of aromatic nitrogens is 2. The van der Waals surface area contributed by atoms with Gasteiger partial charge in [0.1, 0.15) is 5.56 Å². The summed E-state index contributed by atoms with van der Waals surface area (Å²) in [6.45, 7) is 3.76. The van der Waals surface area contributed by atoms with Crippen molar-refractivity contribution in [2.45, 2.75) is 19.9 Å². The van der Waals surface area contributed by atoms with Gasteiger partial charge in [-0.05, 0) is 26.0 Å². The topological polar surface area (TPSA) is 64.0 Å². The molecule has 5 nitrogen and oxygen atoms in total. The number of carbonyl (C=O) groups excluding carboxylic acids is 1. The Kier molecular flexibility index (Phi) is 3.80. The fraction of sp³-hybridized carbons (Fsp3) is 0.308. The standard InChI is InChI=1S/C13H15N3O2S/c1-8(11-7-19-9(2)15-11)14-12(17)10-5-4-6-16(3)13(10)18/h4-8H,1-3H3,(H,14,17). The Morgan fingerprint density at radius 2 is 2.26 bits per heavy atom. The molecular weight excluding hydrogens is 262 g/mol. The first kappa shape index (κ1) is 13.5. The number of hydrogen-bond acceptors (Lipinski definition) is 4. The van der Waals surface area contributed by atoms with Crippen molar-refractivity contribution < 1.29 is 4.79 Å². The number of carbonyl (C=O) groups is 1. The molecule has 0 bridgehead atoms. The molecule has 2 aromatic rings. The van der Waals surface area contributed by atoms with Crippen LogP contribution in [0.2, 0.25) is 0 Å². The van der Waals surface area contributed by atoms with Crippen LogP contribution in [0, 0.1) is 6.92 Å². The molecule has 0 fully saturated rings. The lowest BCUT2D eigenvalue weighted by Crippen LogP contribution is -2.33. The first-order chi connectivity index (χ1) is 8.99. The van der Waals surface area contributed by atoms with Gasteiger partial charge in [-0.25, -0.2) is 4.98 Å². The summed E-state index contributed by atoms with van der Waals surface area (Å²) in [6.07, 6.45) is 1.62. The highest BCUT2D eigenvalue weighted by molar-refractivity contribution is 7.09. The zero-order valence-electron chi connectivity index (χ0n) is 11.0. The van der Waals surface area contributed by atoms with Crippen LogP contribution in [-0.2, 0) is 7.05 Å². The molecule has 1 N–H and O–H groups in total. The zero-order chi connectivity index (χ0) is 14.0.